The highest BCUT2D eigenvalue weighted by Crippen LogP contribution is 2.32. The van der Waals surface area contributed by atoms with Crippen LogP contribution in [0.2, 0.25) is 0 Å². The van der Waals surface area contributed by atoms with Gasteiger partial charge in [-0.15, -0.1) is 0 Å². The summed E-state index contributed by atoms with van der Waals surface area (Å²) in [7, 11) is -2.29. The molecule has 0 atom stereocenters. The third kappa shape index (κ3) is 3.05. The number of hydrogen-bond acceptors (Lipinski definition) is 4. The van der Waals surface area contributed by atoms with Crippen LogP contribution in [0.1, 0.15) is 11.1 Å². The van der Waals surface area contributed by atoms with E-state index in [-0.39, 0.29) is 4.90 Å². The Morgan fingerprint density at radius 3 is 2.54 bits per heavy atom. The van der Waals surface area contributed by atoms with Crippen LogP contribution < -0.4 is 4.31 Å². The first-order valence-electron chi connectivity index (χ1n) is 7.49. The van der Waals surface area contributed by atoms with Gasteiger partial charge in [-0.3, -0.25) is 4.31 Å². The lowest BCUT2D eigenvalue weighted by molar-refractivity contribution is -0.134. The molecular weight excluding hydrogens is 326 g/mol. The van der Waals surface area contributed by atoms with Crippen LogP contribution in [-0.2, 0) is 26.0 Å². The number of ether oxygens (including phenoxy) is 1. The average molecular weight is 343 g/mol. The molecule has 1 aliphatic rings. The predicted octanol–water partition coefficient (Wildman–Crippen LogP) is 2.62. The lowest BCUT2D eigenvalue weighted by Gasteiger charge is -2.19. The quantitative estimate of drug-likeness (QED) is 0.632. The normalized spacial score (nSPS) is 14.0. The number of anilines is 1. The van der Waals surface area contributed by atoms with E-state index in [1.54, 1.807) is 30.3 Å². The number of esters is 1. The second-order valence-electron chi connectivity index (χ2n) is 5.38. The molecule has 0 saturated heterocycles. The second-order valence-corrected chi connectivity index (χ2v) is 7.24. The van der Waals surface area contributed by atoms with Crippen molar-refractivity contribution < 1.29 is 17.9 Å². The van der Waals surface area contributed by atoms with Gasteiger partial charge in [0.05, 0.1) is 17.7 Å². The van der Waals surface area contributed by atoms with Gasteiger partial charge >= 0.3 is 5.97 Å². The fourth-order valence-corrected chi connectivity index (χ4v) is 4.17. The molecule has 0 radical (unpaired) electrons. The van der Waals surface area contributed by atoms with Gasteiger partial charge in [0.1, 0.15) is 0 Å². The number of sulfonamides is 1. The maximum Gasteiger partial charge on any atom is 0.330 e. The van der Waals surface area contributed by atoms with Crippen LogP contribution in [0, 0.1) is 0 Å². The molecule has 0 unspecified atom stereocenters. The summed E-state index contributed by atoms with van der Waals surface area (Å²) < 4.78 is 31.7. The van der Waals surface area contributed by atoms with Crippen molar-refractivity contribution in [1.29, 1.82) is 0 Å². The van der Waals surface area contributed by atoms with Gasteiger partial charge in [-0.1, -0.05) is 30.3 Å². The molecule has 1 heterocycles. The summed E-state index contributed by atoms with van der Waals surface area (Å²) in [5, 5.41) is 0. The van der Waals surface area contributed by atoms with Crippen molar-refractivity contribution >= 4 is 27.8 Å². The van der Waals surface area contributed by atoms with E-state index in [9.17, 15) is 13.2 Å². The van der Waals surface area contributed by atoms with E-state index in [1.807, 2.05) is 24.3 Å². The number of hydrogen-bond donors (Lipinski definition) is 0. The predicted molar refractivity (Wildman–Crippen MR) is 92.2 cm³/mol. The number of carbonyl (C=O) groups excluding carboxylic acids is 1. The van der Waals surface area contributed by atoms with E-state index in [1.165, 1.54) is 17.5 Å². The van der Waals surface area contributed by atoms with Gasteiger partial charge in [-0.25, -0.2) is 13.2 Å². The fraction of sp³-hybridized carbons (Fsp3) is 0.167. The van der Waals surface area contributed by atoms with Gasteiger partial charge in [-0.2, -0.15) is 0 Å². The monoisotopic (exact) mass is 343 g/mol. The molecule has 0 spiro atoms. The molecule has 0 fully saturated rings. The van der Waals surface area contributed by atoms with Crippen LogP contribution in [0.3, 0.4) is 0 Å². The Balaban J connectivity index is 1.86. The maximum atomic E-state index is 12.9. The summed E-state index contributed by atoms with van der Waals surface area (Å²) >= 11 is 0. The van der Waals surface area contributed by atoms with Crippen LogP contribution in [-0.4, -0.2) is 28.0 Å². The molecule has 2 aromatic carbocycles. The minimum Gasteiger partial charge on any atom is -0.466 e. The van der Waals surface area contributed by atoms with Crippen molar-refractivity contribution in [3.8, 4) is 0 Å². The largest absolute Gasteiger partial charge is 0.466 e. The van der Waals surface area contributed by atoms with Crippen molar-refractivity contribution in [3.63, 3.8) is 0 Å². The average Bonchev–Trinajstić information content (AvgIpc) is 3.05. The zero-order valence-corrected chi connectivity index (χ0v) is 14.0. The zero-order chi connectivity index (χ0) is 17.2. The summed E-state index contributed by atoms with van der Waals surface area (Å²) in [6, 6.07) is 14.0. The van der Waals surface area contributed by atoms with Crippen molar-refractivity contribution in [1.82, 2.24) is 0 Å². The van der Waals surface area contributed by atoms with Crippen LogP contribution in [0.15, 0.2) is 59.5 Å². The first kappa shape index (κ1) is 16.3. The topological polar surface area (TPSA) is 63.7 Å². The zero-order valence-electron chi connectivity index (χ0n) is 13.2. The van der Waals surface area contributed by atoms with E-state index >= 15 is 0 Å². The highest BCUT2D eigenvalue weighted by molar-refractivity contribution is 7.92. The third-order valence-corrected chi connectivity index (χ3v) is 5.75. The first-order valence-corrected chi connectivity index (χ1v) is 8.93. The van der Waals surface area contributed by atoms with Gasteiger partial charge in [0, 0.05) is 12.6 Å². The Morgan fingerprint density at radius 1 is 1.12 bits per heavy atom. The lowest BCUT2D eigenvalue weighted by Crippen LogP contribution is -2.29. The number of fused-ring (bicyclic) bond motifs is 1. The number of methoxy groups -OCH3 is 1. The maximum absolute atomic E-state index is 12.9. The van der Waals surface area contributed by atoms with Crippen molar-refractivity contribution in [2.45, 2.75) is 11.3 Å². The minimum atomic E-state index is -3.59. The molecule has 0 aliphatic carbocycles. The fourth-order valence-electron chi connectivity index (χ4n) is 2.67. The number of benzene rings is 2. The Labute approximate surface area is 141 Å². The summed E-state index contributed by atoms with van der Waals surface area (Å²) in [4.78, 5) is 11.3. The summed E-state index contributed by atoms with van der Waals surface area (Å²) in [6.45, 7) is 0.450. The smallest absolute Gasteiger partial charge is 0.330 e. The SMILES string of the molecule is COC(=O)/C=C/c1ccc(S(=O)(=O)N2CCc3ccccc32)cc1. The van der Waals surface area contributed by atoms with Gasteiger partial charge < -0.3 is 4.74 Å². The van der Waals surface area contributed by atoms with Crippen LogP contribution in [0.25, 0.3) is 6.08 Å². The van der Waals surface area contributed by atoms with Gasteiger partial charge in [-0.05, 0) is 41.8 Å². The Bertz CT molecular complexity index is 885. The minimum absolute atomic E-state index is 0.231. The Morgan fingerprint density at radius 2 is 1.83 bits per heavy atom. The molecule has 5 nitrogen and oxygen atoms in total. The molecule has 2 aromatic rings. The third-order valence-electron chi connectivity index (χ3n) is 3.93. The Kier molecular flexibility index (Phi) is 4.40. The van der Waals surface area contributed by atoms with Crippen molar-refractivity contribution in [2.75, 3.05) is 18.0 Å². The second kappa shape index (κ2) is 6.49. The standard InChI is InChI=1S/C18H17NO4S/c1-23-18(20)11-8-14-6-9-16(10-7-14)24(21,22)19-13-12-15-4-2-3-5-17(15)19/h2-11H,12-13H2,1H3/b11-8+. The number of carbonyl (C=O) groups is 1. The molecule has 0 aromatic heterocycles. The molecular formula is C18H17NO4S. The van der Waals surface area contributed by atoms with Crippen LogP contribution in [0.4, 0.5) is 5.69 Å². The molecule has 0 amide bonds. The summed E-state index contributed by atoms with van der Waals surface area (Å²) in [5.41, 5.74) is 2.51. The number of rotatable bonds is 4. The molecule has 6 heteroatoms. The lowest BCUT2D eigenvalue weighted by atomic mass is 10.2. The molecule has 0 saturated carbocycles. The van der Waals surface area contributed by atoms with Gasteiger partial charge in [0.2, 0.25) is 0 Å². The van der Waals surface area contributed by atoms with E-state index in [2.05, 4.69) is 4.74 Å². The Hall–Kier alpha value is -2.60. The molecule has 1 aliphatic heterocycles. The summed E-state index contributed by atoms with van der Waals surface area (Å²) in [6.07, 6.45) is 3.59. The van der Waals surface area contributed by atoms with E-state index in [4.69, 9.17) is 0 Å². The van der Waals surface area contributed by atoms with Crippen molar-refractivity contribution in [3.05, 3.63) is 65.7 Å². The number of para-hydroxylation sites is 1. The summed E-state index contributed by atoms with van der Waals surface area (Å²) in [5.74, 6) is -0.458. The molecule has 3 rings (SSSR count). The van der Waals surface area contributed by atoms with Gasteiger partial charge in [0.25, 0.3) is 10.0 Å². The van der Waals surface area contributed by atoms with E-state index < -0.39 is 16.0 Å². The molecule has 124 valence electrons. The van der Waals surface area contributed by atoms with Gasteiger partial charge in [0.15, 0.2) is 0 Å². The molecule has 0 N–H and O–H groups in total. The highest BCUT2D eigenvalue weighted by atomic mass is 32.2. The number of nitrogens with zero attached hydrogens (tertiary/aromatic N) is 1. The first-order chi connectivity index (χ1) is 11.5. The van der Waals surface area contributed by atoms with E-state index in [0.29, 0.717) is 6.54 Å². The van der Waals surface area contributed by atoms with Crippen LogP contribution in [0.5, 0.6) is 0 Å². The van der Waals surface area contributed by atoms with Crippen molar-refractivity contribution in [2.24, 2.45) is 0 Å². The molecule has 24 heavy (non-hydrogen) atoms. The molecule has 0 bridgehead atoms. The van der Waals surface area contributed by atoms with E-state index in [0.717, 1.165) is 23.2 Å². The highest BCUT2D eigenvalue weighted by Gasteiger charge is 2.30. The van der Waals surface area contributed by atoms with Crippen LogP contribution >= 0.6 is 0 Å².